The van der Waals surface area contributed by atoms with Crippen molar-refractivity contribution in [1.29, 1.82) is 0 Å². The van der Waals surface area contributed by atoms with Crippen molar-refractivity contribution in [3.8, 4) is 23.8 Å². The molecule has 0 saturated carbocycles. The molecule has 0 saturated heterocycles. The van der Waals surface area contributed by atoms with Gasteiger partial charge in [0.25, 0.3) is 0 Å². The van der Waals surface area contributed by atoms with Crippen molar-refractivity contribution in [3.05, 3.63) is 57.6 Å². The SMILES string of the molecule is C#CCOc1cccc(C(CC(=O)OCC)c2oc(CO)cc(=O)c2O)c1. The van der Waals surface area contributed by atoms with E-state index in [0.717, 1.165) is 6.07 Å². The molecule has 0 aliphatic heterocycles. The average molecular weight is 372 g/mol. The minimum absolute atomic E-state index is 0.0265. The second-order valence-corrected chi connectivity index (χ2v) is 5.57. The van der Waals surface area contributed by atoms with E-state index in [2.05, 4.69) is 5.92 Å². The van der Waals surface area contributed by atoms with Crippen LogP contribution in [0.1, 0.15) is 36.3 Å². The van der Waals surface area contributed by atoms with Gasteiger partial charge in [-0.15, -0.1) is 6.42 Å². The second-order valence-electron chi connectivity index (χ2n) is 5.57. The van der Waals surface area contributed by atoms with Crippen molar-refractivity contribution in [2.75, 3.05) is 13.2 Å². The van der Waals surface area contributed by atoms with Gasteiger partial charge in [0.15, 0.2) is 5.76 Å². The molecule has 0 aliphatic carbocycles. The summed E-state index contributed by atoms with van der Waals surface area (Å²) in [5.41, 5.74) is -0.167. The van der Waals surface area contributed by atoms with Gasteiger partial charge in [-0.2, -0.15) is 0 Å². The lowest BCUT2D eigenvalue weighted by Crippen LogP contribution is -2.15. The van der Waals surface area contributed by atoms with Gasteiger partial charge >= 0.3 is 5.97 Å². The molecule has 1 atom stereocenters. The van der Waals surface area contributed by atoms with E-state index in [1.807, 2.05) is 0 Å². The van der Waals surface area contributed by atoms with E-state index < -0.39 is 29.7 Å². The van der Waals surface area contributed by atoms with Crippen molar-refractivity contribution >= 4 is 5.97 Å². The molecule has 7 nitrogen and oxygen atoms in total. The molecule has 0 amide bonds. The first-order chi connectivity index (χ1) is 13.0. The van der Waals surface area contributed by atoms with E-state index in [-0.39, 0.29) is 31.2 Å². The van der Waals surface area contributed by atoms with Gasteiger partial charge in [-0.3, -0.25) is 9.59 Å². The average Bonchev–Trinajstić information content (AvgIpc) is 2.67. The first-order valence-corrected chi connectivity index (χ1v) is 8.28. The number of carbonyl (C=O) groups is 1. The van der Waals surface area contributed by atoms with E-state index in [1.165, 1.54) is 0 Å². The summed E-state index contributed by atoms with van der Waals surface area (Å²) in [7, 11) is 0. The van der Waals surface area contributed by atoms with Crippen LogP contribution in [0.2, 0.25) is 0 Å². The van der Waals surface area contributed by atoms with Crippen LogP contribution in [0.3, 0.4) is 0 Å². The van der Waals surface area contributed by atoms with Crippen molar-refractivity contribution < 1.29 is 28.9 Å². The summed E-state index contributed by atoms with van der Waals surface area (Å²) in [4.78, 5) is 24.1. The predicted octanol–water partition coefficient (Wildman–Crippen LogP) is 1.93. The van der Waals surface area contributed by atoms with Crippen LogP contribution in [0, 0.1) is 12.3 Å². The summed E-state index contributed by atoms with van der Waals surface area (Å²) in [6, 6.07) is 7.68. The Morgan fingerprint density at radius 3 is 2.81 bits per heavy atom. The quantitative estimate of drug-likeness (QED) is 0.539. The number of aliphatic hydroxyl groups is 1. The maximum absolute atomic E-state index is 12.1. The number of rotatable bonds is 8. The van der Waals surface area contributed by atoms with Crippen LogP contribution in [0.15, 0.2) is 39.5 Å². The van der Waals surface area contributed by atoms with Crippen molar-refractivity contribution in [3.63, 3.8) is 0 Å². The van der Waals surface area contributed by atoms with E-state index in [9.17, 15) is 19.8 Å². The highest BCUT2D eigenvalue weighted by molar-refractivity contribution is 5.71. The number of terminal acetylenes is 1. The van der Waals surface area contributed by atoms with Crippen LogP contribution >= 0.6 is 0 Å². The Hall–Kier alpha value is -3.24. The second kappa shape index (κ2) is 9.46. The van der Waals surface area contributed by atoms with Gasteiger partial charge in [0.05, 0.1) is 18.9 Å². The molecule has 2 aromatic rings. The fourth-order valence-corrected chi connectivity index (χ4v) is 2.56. The molecule has 1 unspecified atom stereocenters. The lowest BCUT2D eigenvalue weighted by Gasteiger charge is -2.18. The first-order valence-electron chi connectivity index (χ1n) is 8.28. The maximum atomic E-state index is 12.1. The Bertz CT molecular complexity index is 892. The van der Waals surface area contributed by atoms with E-state index in [4.69, 9.17) is 20.3 Å². The molecule has 0 spiro atoms. The number of aromatic hydroxyl groups is 1. The van der Waals surface area contributed by atoms with Crippen LogP contribution in [-0.2, 0) is 16.1 Å². The standard InChI is InChI=1S/C20H20O7/c1-3-8-26-14-7-5-6-13(9-14)16(11-18(23)25-4-2)20-19(24)17(22)10-15(12-21)27-20/h1,5-7,9-10,16,21,24H,4,8,11-12H2,2H3. The lowest BCUT2D eigenvalue weighted by atomic mass is 9.92. The molecule has 2 N–H and O–H groups in total. The lowest BCUT2D eigenvalue weighted by molar-refractivity contribution is -0.143. The molecule has 1 heterocycles. The van der Waals surface area contributed by atoms with Crippen LogP contribution in [-0.4, -0.2) is 29.4 Å². The van der Waals surface area contributed by atoms with Gasteiger partial charge < -0.3 is 24.1 Å². The fourth-order valence-electron chi connectivity index (χ4n) is 2.56. The highest BCUT2D eigenvalue weighted by Crippen LogP contribution is 2.34. The molecule has 7 heteroatoms. The van der Waals surface area contributed by atoms with Crippen molar-refractivity contribution in [2.45, 2.75) is 25.9 Å². The topological polar surface area (TPSA) is 106 Å². The van der Waals surface area contributed by atoms with Crippen molar-refractivity contribution in [1.82, 2.24) is 0 Å². The number of ether oxygens (including phenoxy) is 2. The predicted molar refractivity (Wildman–Crippen MR) is 96.4 cm³/mol. The third-order valence-electron chi connectivity index (χ3n) is 3.73. The Labute approximate surface area is 156 Å². The summed E-state index contributed by atoms with van der Waals surface area (Å²) in [5.74, 6) is 0.670. The van der Waals surface area contributed by atoms with Crippen LogP contribution in [0.25, 0.3) is 0 Å². The number of carbonyl (C=O) groups excluding carboxylic acids is 1. The Morgan fingerprint density at radius 1 is 1.37 bits per heavy atom. The van der Waals surface area contributed by atoms with Gasteiger partial charge in [0.2, 0.25) is 11.2 Å². The zero-order valence-electron chi connectivity index (χ0n) is 14.8. The minimum Gasteiger partial charge on any atom is -0.502 e. The maximum Gasteiger partial charge on any atom is 0.306 e. The summed E-state index contributed by atoms with van der Waals surface area (Å²) in [5, 5.41) is 19.5. The summed E-state index contributed by atoms with van der Waals surface area (Å²) in [6.07, 6.45) is 5.01. The molecule has 0 aliphatic rings. The smallest absolute Gasteiger partial charge is 0.306 e. The van der Waals surface area contributed by atoms with Crippen molar-refractivity contribution in [2.24, 2.45) is 0 Å². The molecule has 0 bridgehead atoms. The molecule has 142 valence electrons. The molecular formula is C20H20O7. The Kier molecular flexibility index (Phi) is 7.03. The van der Waals surface area contributed by atoms with Crippen LogP contribution in [0.5, 0.6) is 11.5 Å². The van der Waals surface area contributed by atoms with Crippen LogP contribution in [0.4, 0.5) is 0 Å². The molecular weight excluding hydrogens is 352 g/mol. The highest BCUT2D eigenvalue weighted by atomic mass is 16.5. The van der Waals surface area contributed by atoms with E-state index in [0.29, 0.717) is 11.3 Å². The third kappa shape index (κ3) is 5.12. The summed E-state index contributed by atoms with van der Waals surface area (Å²) in [6.45, 7) is 1.39. The molecule has 1 aromatic heterocycles. The number of benzene rings is 1. The number of hydrogen-bond acceptors (Lipinski definition) is 7. The summed E-state index contributed by atoms with van der Waals surface area (Å²) < 4.78 is 15.8. The Balaban J connectivity index is 2.53. The van der Waals surface area contributed by atoms with E-state index >= 15 is 0 Å². The molecule has 0 radical (unpaired) electrons. The van der Waals surface area contributed by atoms with Crippen LogP contribution < -0.4 is 10.2 Å². The normalized spacial score (nSPS) is 11.4. The minimum atomic E-state index is -0.822. The first kappa shape index (κ1) is 20.1. The fraction of sp³-hybridized carbons (Fsp3) is 0.300. The highest BCUT2D eigenvalue weighted by Gasteiger charge is 2.27. The summed E-state index contributed by atoms with van der Waals surface area (Å²) >= 11 is 0. The molecule has 0 fully saturated rings. The number of aliphatic hydroxyl groups excluding tert-OH is 1. The van der Waals surface area contributed by atoms with Gasteiger partial charge in [-0.1, -0.05) is 18.1 Å². The largest absolute Gasteiger partial charge is 0.502 e. The number of esters is 1. The monoisotopic (exact) mass is 372 g/mol. The molecule has 1 aromatic carbocycles. The molecule has 2 rings (SSSR count). The zero-order chi connectivity index (χ0) is 19.8. The molecule has 27 heavy (non-hydrogen) atoms. The number of hydrogen-bond donors (Lipinski definition) is 2. The van der Waals surface area contributed by atoms with Gasteiger partial charge in [-0.05, 0) is 24.6 Å². The van der Waals surface area contributed by atoms with Gasteiger partial charge in [0.1, 0.15) is 24.7 Å². The van der Waals surface area contributed by atoms with Gasteiger partial charge in [0, 0.05) is 6.07 Å². The Morgan fingerprint density at radius 2 is 2.15 bits per heavy atom. The van der Waals surface area contributed by atoms with E-state index in [1.54, 1.807) is 31.2 Å². The zero-order valence-corrected chi connectivity index (χ0v) is 14.8. The van der Waals surface area contributed by atoms with Gasteiger partial charge in [-0.25, -0.2) is 0 Å². The third-order valence-corrected chi connectivity index (χ3v) is 3.73.